The monoisotopic (exact) mass is 274 g/mol. The average Bonchev–Trinajstić information content (AvgIpc) is 2.99. The normalized spacial score (nSPS) is 10.8. The summed E-state index contributed by atoms with van der Waals surface area (Å²) in [4.78, 5) is 0. The molecule has 1 aromatic carbocycles. The highest BCUT2D eigenvalue weighted by molar-refractivity contribution is 6.31. The summed E-state index contributed by atoms with van der Waals surface area (Å²) in [6.45, 7) is 2.26. The van der Waals surface area contributed by atoms with Gasteiger partial charge in [0.15, 0.2) is 0 Å². The van der Waals surface area contributed by atoms with Crippen molar-refractivity contribution in [3.05, 3.63) is 53.1 Å². The minimum atomic E-state index is 0.410. The van der Waals surface area contributed by atoms with Crippen LogP contribution in [0.25, 0.3) is 11.5 Å². The Morgan fingerprint density at radius 3 is 2.68 bits per heavy atom. The molecule has 19 heavy (non-hydrogen) atoms. The summed E-state index contributed by atoms with van der Waals surface area (Å²) in [6, 6.07) is 9.64. The van der Waals surface area contributed by atoms with E-state index in [-0.39, 0.29) is 0 Å². The van der Waals surface area contributed by atoms with Crippen LogP contribution < -0.4 is 0 Å². The van der Waals surface area contributed by atoms with Crippen molar-refractivity contribution in [3.8, 4) is 11.5 Å². The molecule has 0 bridgehead atoms. The van der Waals surface area contributed by atoms with Crippen molar-refractivity contribution in [2.75, 3.05) is 0 Å². The van der Waals surface area contributed by atoms with Crippen LogP contribution >= 0.6 is 11.6 Å². The van der Waals surface area contributed by atoms with E-state index in [2.05, 4.69) is 15.3 Å². The fraction of sp³-hybridized carbons (Fsp3) is 0.154. The first-order chi connectivity index (χ1) is 9.22. The maximum atomic E-state index is 5.95. The van der Waals surface area contributed by atoms with Gasteiger partial charge in [0.1, 0.15) is 6.54 Å². The lowest BCUT2D eigenvalue weighted by Gasteiger charge is -1.95. The molecule has 0 fully saturated rings. The third-order valence-corrected chi connectivity index (χ3v) is 3.04. The molecule has 0 radical (unpaired) electrons. The Bertz CT molecular complexity index is 670. The molecule has 96 valence electrons. The van der Waals surface area contributed by atoms with Crippen LogP contribution in [0.3, 0.4) is 0 Å². The second-order valence-electron chi connectivity index (χ2n) is 4.13. The van der Waals surface area contributed by atoms with E-state index in [1.54, 1.807) is 10.9 Å². The molecule has 0 saturated carbocycles. The van der Waals surface area contributed by atoms with Crippen molar-refractivity contribution in [2.24, 2.45) is 0 Å². The molecular weight excluding hydrogens is 264 g/mol. The summed E-state index contributed by atoms with van der Waals surface area (Å²) in [5.41, 5.74) is 1.68. The van der Waals surface area contributed by atoms with Gasteiger partial charge in [0, 0.05) is 11.8 Å². The molecule has 2 aromatic heterocycles. The van der Waals surface area contributed by atoms with Crippen LogP contribution in [-0.4, -0.2) is 20.0 Å². The molecule has 0 aliphatic carbocycles. The zero-order chi connectivity index (χ0) is 13.2. The molecule has 0 aliphatic rings. The lowest BCUT2D eigenvalue weighted by Crippen LogP contribution is -2.00. The van der Waals surface area contributed by atoms with E-state index in [0.29, 0.717) is 23.3 Å². The van der Waals surface area contributed by atoms with Crippen molar-refractivity contribution in [1.29, 1.82) is 0 Å². The van der Waals surface area contributed by atoms with Gasteiger partial charge < -0.3 is 4.42 Å². The lowest BCUT2D eigenvalue weighted by atomic mass is 10.2. The van der Waals surface area contributed by atoms with E-state index >= 15 is 0 Å². The van der Waals surface area contributed by atoms with Gasteiger partial charge in [-0.25, -0.2) is 0 Å². The highest BCUT2D eigenvalue weighted by atomic mass is 35.5. The third kappa shape index (κ3) is 2.51. The van der Waals surface area contributed by atoms with Crippen molar-refractivity contribution >= 4 is 11.6 Å². The van der Waals surface area contributed by atoms with Gasteiger partial charge in [-0.3, -0.25) is 4.68 Å². The average molecular weight is 275 g/mol. The number of benzene rings is 1. The maximum absolute atomic E-state index is 5.95. The number of aromatic nitrogens is 4. The second kappa shape index (κ2) is 4.85. The smallest absolute Gasteiger partial charge is 0.247 e. The quantitative estimate of drug-likeness (QED) is 0.737. The molecule has 0 saturated heterocycles. The molecule has 5 nitrogen and oxygen atoms in total. The lowest BCUT2D eigenvalue weighted by molar-refractivity contribution is 0.473. The zero-order valence-electron chi connectivity index (χ0n) is 10.2. The Labute approximate surface area is 114 Å². The Balaban J connectivity index is 1.82. The first-order valence-corrected chi connectivity index (χ1v) is 6.17. The van der Waals surface area contributed by atoms with Gasteiger partial charge in [0.05, 0.1) is 10.7 Å². The molecule has 3 aromatic rings. The Morgan fingerprint density at radius 1 is 1.21 bits per heavy atom. The fourth-order valence-corrected chi connectivity index (χ4v) is 1.88. The molecular formula is C13H11ClN4O. The summed E-state index contributed by atoms with van der Waals surface area (Å²) < 4.78 is 7.28. The molecule has 0 amide bonds. The Kier molecular flexibility index (Phi) is 3.05. The number of rotatable bonds is 3. The first kappa shape index (κ1) is 11.9. The minimum Gasteiger partial charge on any atom is -0.419 e. The van der Waals surface area contributed by atoms with Crippen molar-refractivity contribution in [2.45, 2.75) is 13.5 Å². The molecule has 6 heteroatoms. The number of aryl methyl sites for hydroxylation is 1. The van der Waals surface area contributed by atoms with Crippen molar-refractivity contribution in [3.63, 3.8) is 0 Å². The molecule has 0 spiro atoms. The minimum absolute atomic E-state index is 0.410. The number of nitrogens with zero attached hydrogens (tertiary/aromatic N) is 4. The van der Waals surface area contributed by atoms with Gasteiger partial charge in [0.2, 0.25) is 11.8 Å². The molecule has 3 rings (SSSR count). The summed E-state index contributed by atoms with van der Waals surface area (Å²) in [5, 5.41) is 12.9. The molecule has 2 heterocycles. The topological polar surface area (TPSA) is 56.7 Å². The standard InChI is InChI=1S/C13H11ClN4O/c1-9-11(14)7-18(17-9)8-12-15-16-13(19-12)10-5-3-2-4-6-10/h2-7H,8H2,1H3. The predicted molar refractivity (Wildman–Crippen MR) is 70.8 cm³/mol. The van der Waals surface area contributed by atoms with Gasteiger partial charge in [-0.1, -0.05) is 29.8 Å². The van der Waals surface area contributed by atoms with Gasteiger partial charge in [-0.05, 0) is 19.1 Å². The molecule has 0 unspecified atom stereocenters. The fourth-order valence-electron chi connectivity index (χ4n) is 1.73. The Morgan fingerprint density at radius 2 is 2.00 bits per heavy atom. The number of halogens is 1. The first-order valence-electron chi connectivity index (χ1n) is 5.80. The van der Waals surface area contributed by atoms with Crippen LogP contribution in [0, 0.1) is 6.92 Å². The predicted octanol–water partition coefficient (Wildman–Crippen LogP) is 2.94. The zero-order valence-corrected chi connectivity index (χ0v) is 11.0. The SMILES string of the molecule is Cc1nn(Cc2nnc(-c3ccccc3)o2)cc1Cl. The van der Waals surface area contributed by atoms with Crippen LogP contribution in [-0.2, 0) is 6.54 Å². The van der Waals surface area contributed by atoms with Crippen molar-refractivity contribution in [1.82, 2.24) is 20.0 Å². The van der Waals surface area contributed by atoms with E-state index in [1.165, 1.54) is 0 Å². The molecule has 0 N–H and O–H groups in total. The van der Waals surface area contributed by atoms with Crippen LogP contribution in [0.4, 0.5) is 0 Å². The maximum Gasteiger partial charge on any atom is 0.247 e. The van der Waals surface area contributed by atoms with Gasteiger partial charge in [-0.2, -0.15) is 5.10 Å². The van der Waals surface area contributed by atoms with Gasteiger partial charge >= 0.3 is 0 Å². The van der Waals surface area contributed by atoms with E-state index in [0.717, 1.165) is 11.3 Å². The van der Waals surface area contributed by atoms with Crippen LogP contribution in [0.1, 0.15) is 11.6 Å². The van der Waals surface area contributed by atoms with Crippen LogP contribution in [0.15, 0.2) is 40.9 Å². The van der Waals surface area contributed by atoms with E-state index in [9.17, 15) is 0 Å². The third-order valence-electron chi connectivity index (χ3n) is 2.67. The van der Waals surface area contributed by atoms with Crippen molar-refractivity contribution < 1.29 is 4.42 Å². The second-order valence-corrected chi connectivity index (χ2v) is 4.53. The number of hydrogen-bond acceptors (Lipinski definition) is 4. The largest absolute Gasteiger partial charge is 0.419 e. The van der Waals surface area contributed by atoms with Crippen LogP contribution in [0.5, 0.6) is 0 Å². The van der Waals surface area contributed by atoms with Crippen LogP contribution in [0.2, 0.25) is 5.02 Å². The highest BCUT2D eigenvalue weighted by Crippen LogP contribution is 2.18. The summed E-state index contributed by atoms with van der Waals surface area (Å²) in [7, 11) is 0. The molecule has 0 aliphatic heterocycles. The summed E-state index contributed by atoms with van der Waals surface area (Å²) >= 11 is 5.95. The van der Waals surface area contributed by atoms with E-state index in [1.807, 2.05) is 37.3 Å². The summed E-state index contributed by atoms with van der Waals surface area (Å²) in [6.07, 6.45) is 1.74. The van der Waals surface area contributed by atoms with E-state index < -0.39 is 0 Å². The van der Waals surface area contributed by atoms with Gasteiger partial charge in [-0.15, -0.1) is 10.2 Å². The van der Waals surface area contributed by atoms with E-state index in [4.69, 9.17) is 16.0 Å². The Hall–Kier alpha value is -2.14. The summed E-state index contributed by atoms with van der Waals surface area (Å²) in [5.74, 6) is 1.00. The van der Waals surface area contributed by atoms with Gasteiger partial charge in [0.25, 0.3) is 0 Å². The highest BCUT2D eigenvalue weighted by Gasteiger charge is 2.10. The number of hydrogen-bond donors (Lipinski definition) is 0. The molecule has 0 atom stereocenters.